The van der Waals surface area contributed by atoms with Crippen molar-refractivity contribution >= 4 is 6.21 Å². The van der Waals surface area contributed by atoms with Gasteiger partial charge in [-0.05, 0) is 25.7 Å². The van der Waals surface area contributed by atoms with Crippen LogP contribution in [0.5, 0.6) is 0 Å². The van der Waals surface area contributed by atoms with Crippen molar-refractivity contribution < 1.29 is 0 Å². The van der Waals surface area contributed by atoms with Crippen molar-refractivity contribution in [1.82, 2.24) is 4.90 Å². The van der Waals surface area contributed by atoms with E-state index in [1.807, 2.05) is 12.3 Å². The van der Waals surface area contributed by atoms with Crippen molar-refractivity contribution in [3.63, 3.8) is 0 Å². The average Bonchev–Trinajstić information content (AvgIpc) is 2.76. The van der Waals surface area contributed by atoms with Crippen LogP contribution >= 0.6 is 0 Å². The van der Waals surface area contributed by atoms with E-state index in [0.717, 1.165) is 26.1 Å². The fraction of sp³-hybridized carbons (Fsp3) is 0.786. The third kappa shape index (κ3) is 5.99. The summed E-state index contributed by atoms with van der Waals surface area (Å²) in [6.45, 7) is 6.44. The van der Waals surface area contributed by atoms with Crippen LogP contribution in [0.3, 0.4) is 0 Å². The summed E-state index contributed by atoms with van der Waals surface area (Å²) in [6, 6.07) is 0. The Labute approximate surface area is 106 Å². The molecule has 1 aliphatic rings. The minimum Gasteiger partial charge on any atom is -0.329 e. The lowest BCUT2D eigenvalue weighted by molar-refractivity contribution is 0.241. The van der Waals surface area contributed by atoms with Gasteiger partial charge in [-0.2, -0.15) is 0 Å². The van der Waals surface area contributed by atoms with Gasteiger partial charge in [0.2, 0.25) is 0 Å². The molecule has 17 heavy (non-hydrogen) atoms. The van der Waals surface area contributed by atoms with E-state index in [-0.39, 0.29) is 0 Å². The summed E-state index contributed by atoms with van der Waals surface area (Å²) in [5.74, 6) is 0. The first kappa shape index (κ1) is 14.4. The van der Waals surface area contributed by atoms with Crippen molar-refractivity contribution in [1.29, 1.82) is 0 Å². The Morgan fingerprint density at radius 2 is 2.06 bits per heavy atom. The van der Waals surface area contributed by atoms with Crippen LogP contribution in [0.2, 0.25) is 0 Å². The highest BCUT2D eigenvalue weighted by molar-refractivity contribution is 5.62. The van der Waals surface area contributed by atoms with Crippen LogP contribution in [0.15, 0.2) is 17.6 Å². The van der Waals surface area contributed by atoms with Crippen LogP contribution < -0.4 is 5.73 Å². The fourth-order valence-electron chi connectivity index (χ4n) is 2.30. The minimum absolute atomic E-state index is 0.409. The molecule has 1 aliphatic heterocycles. The van der Waals surface area contributed by atoms with Crippen molar-refractivity contribution in [3.05, 3.63) is 12.7 Å². The van der Waals surface area contributed by atoms with E-state index >= 15 is 0 Å². The zero-order chi connectivity index (χ0) is 12.3. The first-order valence-electron chi connectivity index (χ1n) is 6.95. The van der Waals surface area contributed by atoms with E-state index in [1.54, 1.807) is 0 Å². The second kappa shape index (κ2) is 9.37. The van der Waals surface area contributed by atoms with Gasteiger partial charge in [0.15, 0.2) is 0 Å². The molecule has 0 aliphatic carbocycles. The van der Waals surface area contributed by atoms with Gasteiger partial charge in [0.1, 0.15) is 6.17 Å². The molecule has 0 fully saturated rings. The SMILES string of the molecule is C=CCCCCCCCC1N=CCN1CCN. The quantitative estimate of drug-likeness (QED) is 0.469. The molecule has 1 rings (SSSR count). The molecular formula is C14H27N3. The van der Waals surface area contributed by atoms with E-state index in [4.69, 9.17) is 5.73 Å². The number of allylic oxidation sites excluding steroid dienone is 1. The normalized spacial score (nSPS) is 19.9. The summed E-state index contributed by atoms with van der Waals surface area (Å²) in [6.07, 6.45) is 13.4. The molecule has 1 heterocycles. The maximum absolute atomic E-state index is 5.59. The van der Waals surface area contributed by atoms with Crippen LogP contribution in [0.25, 0.3) is 0 Å². The highest BCUT2D eigenvalue weighted by atomic mass is 15.3. The maximum atomic E-state index is 5.59. The highest BCUT2D eigenvalue weighted by Gasteiger charge is 2.18. The van der Waals surface area contributed by atoms with Crippen LogP contribution in [0.4, 0.5) is 0 Å². The van der Waals surface area contributed by atoms with E-state index in [9.17, 15) is 0 Å². The summed E-state index contributed by atoms with van der Waals surface area (Å²) in [7, 11) is 0. The molecule has 0 saturated carbocycles. The molecule has 0 aromatic carbocycles. The van der Waals surface area contributed by atoms with Crippen LogP contribution in [-0.4, -0.2) is 36.9 Å². The number of hydrogen-bond acceptors (Lipinski definition) is 3. The molecule has 1 atom stereocenters. The van der Waals surface area contributed by atoms with Gasteiger partial charge in [0, 0.05) is 25.8 Å². The molecule has 0 aromatic heterocycles. The van der Waals surface area contributed by atoms with E-state index in [2.05, 4.69) is 16.5 Å². The molecule has 0 amide bonds. The monoisotopic (exact) mass is 237 g/mol. The Kier molecular flexibility index (Phi) is 7.93. The first-order chi connectivity index (χ1) is 8.38. The highest BCUT2D eigenvalue weighted by Crippen LogP contribution is 2.15. The third-order valence-electron chi connectivity index (χ3n) is 3.30. The largest absolute Gasteiger partial charge is 0.329 e. The summed E-state index contributed by atoms with van der Waals surface area (Å²) in [4.78, 5) is 6.89. The molecule has 0 bridgehead atoms. The van der Waals surface area contributed by atoms with Crippen molar-refractivity contribution in [2.24, 2.45) is 10.7 Å². The zero-order valence-electron chi connectivity index (χ0n) is 11.0. The number of hydrogen-bond donors (Lipinski definition) is 1. The number of nitrogens with two attached hydrogens (primary N) is 1. The summed E-state index contributed by atoms with van der Waals surface area (Å²) in [5.41, 5.74) is 5.59. The number of nitrogens with zero attached hydrogens (tertiary/aromatic N) is 2. The van der Waals surface area contributed by atoms with Gasteiger partial charge in [0.05, 0.1) is 0 Å². The summed E-state index contributed by atoms with van der Waals surface area (Å²) in [5, 5.41) is 0. The molecule has 1 unspecified atom stereocenters. The van der Waals surface area contributed by atoms with Crippen LogP contribution in [-0.2, 0) is 0 Å². The van der Waals surface area contributed by atoms with Crippen molar-refractivity contribution in [2.45, 2.75) is 51.1 Å². The predicted molar refractivity (Wildman–Crippen MR) is 75.4 cm³/mol. The summed E-state index contributed by atoms with van der Waals surface area (Å²) >= 11 is 0. The molecule has 0 aromatic rings. The maximum Gasteiger partial charge on any atom is 0.102 e. The first-order valence-corrected chi connectivity index (χ1v) is 6.95. The van der Waals surface area contributed by atoms with Gasteiger partial charge in [-0.1, -0.05) is 25.3 Å². The van der Waals surface area contributed by atoms with E-state index in [1.165, 1.54) is 38.5 Å². The molecule has 3 nitrogen and oxygen atoms in total. The number of aliphatic imine (C=N–C) groups is 1. The third-order valence-corrected chi connectivity index (χ3v) is 3.30. The molecule has 98 valence electrons. The Balaban J connectivity index is 1.98. The van der Waals surface area contributed by atoms with Crippen LogP contribution in [0.1, 0.15) is 44.9 Å². The van der Waals surface area contributed by atoms with Gasteiger partial charge >= 0.3 is 0 Å². The van der Waals surface area contributed by atoms with Gasteiger partial charge in [-0.25, -0.2) is 0 Å². The summed E-state index contributed by atoms with van der Waals surface area (Å²) < 4.78 is 0. The predicted octanol–water partition coefficient (Wildman–Crippen LogP) is 2.57. The van der Waals surface area contributed by atoms with Crippen molar-refractivity contribution in [2.75, 3.05) is 19.6 Å². The number of rotatable bonds is 10. The second-order valence-electron chi connectivity index (χ2n) is 4.73. The lowest BCUT2D eigenvalue weighted by Gasteiger charge is -2.21. The lowest BCUT2D eigenvalue weighted by atomic mass is 10.1. The molecule has 0 spiro atoms. The molecule has 3 heteroatoms. The Bertz CT molecular complexity index is 226. The Hall–Kier alpha value is -0.670. The number of unbranched alkanes of at least 4 members (excludes halogenated alkanes) is 5. The molecule has 2 N–H and O–H groups in total. The van der Waals surface area contributed by atoms with Crippen LogP contribution in [0, 0.1) is 0 Å². The molecule has 0 saturated heterocycles. The topological polar surface area (TPSA) is 41.6 Å². The molecule has 0 radical (unpaired) electrons. The van der Waals surface area contributed by atoms with Gasteiger partial charge in [-0.3, -0.25) is 9.89 Å². The fourth-order valence-corrected chi connectivity index (χ4v) is 2.30. The smallest absolute Gasteiger partial charge is 0.102 e. The zero-order valence-corrected chi connectivity index (χ0v) is 11.0. The minimum atomic E-state index is 0.409. The molecular weight excluding hydrogens is 210 g/mol. The Morgan fingerprint density at radius 3 is 2.82 bits per heavy atom. The second-order valence-corrected chi connectivity index (χ2v) is 4.73. The Morgan fingerprint density at radius 1 is 1.29 bits per heavy atom. The van der Waals surface area contributed by atoms with Gasteiger partial charge in [0.25, 0.3) is 0 Å². The van der Waals surface area contributed by atoms with Crippen molar-refractivity contribution in [3.8, 4) is 0 Å². The van der Waals surface area contributed by atoms with Gasteiger partial charge < -0.3 is 5.73 Å². The van der Waals surface area contributed by atoms with E-state index in [0.29, 0.717) is 6.17 Å². The average molecular weight is 237 g/mol. The standard InChI is InChI=1S/C14H27N3/c1-2-3-4-5-6-7-8-9-14-16-11-13-17(14)12-10-15/h2,11,14H,1,3-10,12-13,15H2. The lowest BCUT2D eigenvalue weighted by Crippen LogP contribution is -2.34. The van der Waals surface area contributed by atoms with E-state index < -0.39 is 0 Å². The van der Waals surface area contributed by atoms with Gasteiger partial charge in [-0.15, -0.1) is 6.58 Å².